The quantitative estimate of drug-likeness (QED) is 0.554. The van der Waals surface area contributed by atoms with E-state index in [-0.39, 0.29) is 30.3 Å². The molecule has 4 aliphatic heterocycles. The molecule has 6 heteroatoms. The smallest absolute Gasteiger partial charge is 0.412 e. The zero-order valence-corrected chi connectivity index (χ0v) is 20.4. The number of carbonyl (C=O) groups excluding carboxylic acids is 1. The second kappa shape index (κ2) is 7.74. The predicted molar refractivity (Wildman–Crippen MR) is 118 cm³/mol. The van der Waals surface area contributed by atoms with Crippen LogP contribution in [-0.4, -0.2) is 53.0 Å². The lowest BCUT2D eigenvalue weighted by Gasteiger charge is -2.52. The number of carbonyl (C=O) groups is 1. The van der Waals surface area contributed by atoms with Gasteiger partial charge in [0, 0.05) is 31.7 Å². The molecule has 0 saturated carbocycles. The third-order valence-electron chi connectivity index (χ3n) is 7.26. The van der Waals surface area contributed by atoms with Gasteiger partial charge in [-0.3, -0.25) is 4.90 Å². The highest BCUT2D eigenvalue weighted by atomic mass is 16.7. The average Bonchev–Trinajstić information content (AvgIpc) is 2.95. The first-order valence-electron chi connectivity index (χ1n) is 12.0. The van der Waals surface area contributed by atoms with Gasteiger partial charge in [-0.2, -0.15) is 0 Å². The summed E-state index contributed by atoms with van der Waals surface area (Å²) >= 11 is 0. The molecule has 8 atom stereocenters. The van der Waals surface area contributed by atoms with Gasteiger partial charge >= 0.3 is 6.09 Å². The minimum absolute atomic E-state index is 0.0201. The molecule has 0 aromatic rings. The molecule has 4 rings (SSSR count). The molecule has 31 heavy (non-hydrogen) atoms. The van der Waals surface area contributed by atoms with E-state index in [4.69, 9.17) is 18.9 Å². The van der Waals surface area contributed by atoms with Crippen molar-refractivity contribution in [2.45, 2.75) is 116 Å². The third kappa shape index (κ3) is 4.28. The molecule has 1 spiro atoms. The van der Waals surface area contributed by atoms with Gasteiger partial charge in [0.25, 0.3) is 0 Å². The first-order chi connectivity index (χ1) is 14.3. The third-order valence-corrected chi connectivity index (χ3v) is 7.26. The molecule has 0 unspecified atom stereocenters. The van der Waals surface area contributed by atoms with Crippen molar-refractivity contribution in [1.29, 1.82) is 0 Å². The Morgan fingerprint density at radius 1 is 1.06 bits per heavy atom. The van der Waals surface area contributed by atoms with Crippen molar-refractivity contribution in [3.05, 3.63) is 12.2 Å². The van der Waals surface area contributed by atoms with Crippen molar-refractivity contribution >= 4 is 6.09 Å². The van der Waals surface area contributed by atoms with Crippen molar-refractivity contribution in [2.75, 3.05) is 6.54 Å². The highest BCUT2D eigenvalue weighted by Crippen LogP contribution is 2.54. The van der Waals surface area contributed by atoms with Crippen molar-refractivity contribution in [1.82, 2.24) is 4.90 Å². The number of likely N-dealkylation sites (tertiary alicyclic amines) is 1. The fraction of sp³-hybridized carbons (Fsp3) is 0.880. The molecule has 0 aromatic carbocycles. The van der Waals surface area contributed by atoms with Gasteiger partial charge in [0.15, 0.2) is 11.5 Å². The SMILES string of the molecule is C=C(C)C[C@]12C[C@H](C)C[C@H](O1)[C@@H]1O[C@]3(C[C@@H]1O2)[C@H](C)C[C@H](C)CN3C(=O)OC(C)(C)C. The molecule has 0 radical (unpaired) electrons. The van der Waals surface area contributed by atoms with Gasteiger partial charge < -0.3 is 18.9 Å². The van der Waals surface area contributed by atoms with Gasteiger partial charge in [0.05, 0.1) is 12.2 Å². The van der Waals surface area contributed by atoms with Crippen LogP contribution in [0.1, 0.15) is 80.6 Å². The molecule has 1 amide bonds. The van der Waals surface area contributed by atoms with E-state index in [0.29, 0.717) is 31.2 Å². The second-order valence-corrected chi connectivity index (χ2v) is 11.9. The van der Waals surface area contributed by atoms with Crippen LogP contribution in [0, 0.1) is 17.8 Å². The minimum atomic E-state index is -0.710. The summed E-state index contributed by atoms with van der Waals surface area (Å²) in [6.07, 6.45) is 3.63. The Morgan fingerprint density at radius 3 is 2.39 bits per heavy atom. The number of piperidine rings is 1. The average molecular weight is 436 g/mol. The Labute approximate surface area is 187 Å². The minimum Gasteiger partial charge on any atom is -0.444 e. The summed E-state index contributed by atoms with van der Waals surface area (Å²) in [5.74, 6) is 0.453. The van der Waals surface area contributed by atoms with Crippen LogP contribution in [-0.2, 0) is 18.9 Å². The van der Waals surface area contributed by atoms with Crippen LogP contribution in [0.4, 0.5) is 4.79 Å². The predicted octanol–water partition coefficient (Wildman–Crippen LogP) is 5.26. The molecule has 4 saturated heterocycles. The summed E-state index contributed by atoms with van der Waals surface area (Å²) < 4.78 is 25.9. The van der Waals surface area contributed by atoms with Gasteiger partial charge in [-0.25, -0.2) is 4.79 Å². The fourth-order valence-electron chi connectivity index (χ4n) is 6.37. The number of hydrogen-bond acceptors (Lipinski definition) is 5. The number of hydrogen-bond donors (Lipinski definition) is 0. The van der Waals surface area contributed by atoms with E-state index in [9.17, 15) is 4.79 Å². The monoisotopic (exact) mass is 435 g/mol. The maximum absolute atomic E-state index is 13.3. The number of rotatable bonds is 2. The fourth-order valence-corrected chi connectivity index (χ4v) is 6.37. The van der Waals surface area contributed by atoms with Crippen molar-refractivity contribution in [2.24, 2.45) is 17.8 Å². The molecule has 0 aromatic heterocycles. The number of amides is 1. The first kappa shape index (κ1) is 23.1. The van der Waals surface area contributed by atoms with Crippen LogP contribution in [0.3, 0.4) is 0 Å². The summed E-state index contributed by atoms with van der Waals surface area (Å²) in [6.45, 7) is 19.2. The lowest BCUT2D eigenvalue weighted by molar-refractivity contribution is -0.365. The Balaban J connectivity index is 1.65. The number of fused-ring (bicyclic) bond motifs is 4. The number of ether oxygens (including phenoxy) is 4. The molecular weight excluding hydrogens is 394 g/mol. The molecule has 4 fully saturated rings. The summed E-state index contributed by atoms with van der Waals surface area (Å²) in [6, 6.07) is 0. The molecule has 6 nitrogen and oxygen atoms in total. The summed E-state index contributed by atoms with van der Waals surface area (Å²) in [4.78, 5) is 15.2. The Morgan fingerprint density at radius 2 is 1.74 bits per heavy atom. The standard InChI is InChI=1S/C25H41NO5/c1-15(2)11-24-12-16(3)10-19(28-24)21-20(29-24)13-25(30-21)18(5)9-17(4)14-26(25)22(27)31-23(6,7)8/h16-21H,1,9-14H2,2-8H3/t16-,17+,18-,19+,20+,21+,24+,25-/m1/s1. The van der Waals surface area contributed by atoms with Crippen molar-refractivity contribution in [3.8, 4) is 0 Å². The van der Waals surface area contributed by atoms with Crippen LogP contribution in [0.25, 0.3) is 0 Å². The molecule has 176 valence electrons. The van der Waals surface area contributed by atoms with E-state index in [0.717, 1.165) is 24.8 Å². The van der Waals surface area contributed by atoms with Crippen molar-refractivity contribution in [3.63, 3.8) is 0 Å². The van der Waals surface area contributed by atoms with Crippen LogP contribution in [0.2, 0.25) is 0 Å². The highest BCUT2D eigenvalue weighted by molar-refractivity contribution is 5.69. The Hall–Kier alpha value is -1.11. The second-order valence-electron chi connectivity index (χ2n) is 11.9. The highest BCUT2D eigenvalue weighted by Gasteiger charge is 2.64. The molecule has 4 aliphatic rings. The van der Waals surface area contributed by atoms with E-state index in [2.05, 4.69) is 27.4 Å². The van der Waals surface area contributed by atoms with Gasteiger partial charge in [0.1, 0.15) is 11.7 Å². The molecule has 2 bridgehead atoms. The summed E-state index contributed by atoms with van der Waals surface area (Å²) in [7, 11) is 0. The lowest BCUT2D eigenvalue weighted by atomic mass is 9.79. The van der Waals surface area contributed by atoms with E-state index in [1.54, 1.807) is 0 Å². The molecule has 4 heterocycles. The lowest BCUT2D eigenvalue weighted by Crippen LogP contribution is -2.62. The van der Waals surface area contributed by atoms with E-state index in [1.807, 2.05) is 32.6 Å². The van der Waals surface area contributed by atoms with Gasteiger partial charge in [0.2, 0.25) is 0 Å². The molecular formula is C25H41NO5. The van der Waals surface area contributed by atoms with Crippen molar-refractivity contribution < 1.29 is 23.7 Å². The van der Waals surface area contributed by atoms with Gasteiger partial charge in [-0.15, -0.1) is 0 Å². The van der Waals surface area contributed by atoms with E-state index < -0.39 is 17.1 Å². The molecule has 0 N–H and O–H groups in total. The zero-order chi connectivity index (χ0) is 22.8. The maximum atomic E-state index is 13.3. The topological polar surface area (TPSA) is 57.2 Å². The zero-order valence-electron chi connectivity index (χ0n) is 20.4. The Kier molecular flexibility index (Phi) is 5.76. The number of nitrogens with zero attached hydrogens (tertiary/aromatic N) is 1. The summed E-state index contributed by atoms with van der Waals surface area (Å²) in [5.41, 5.74) is -0.196. The van der Waals surface area contributed by atoms with Crippen LogP contribution >= 0.6 is 0 Å². The normalized spacial score (nSPS) is 44.8. The van der Waals surface area contributed by atoms with E-state index in [1.165, 1.54) is 0 Å². The van der Waals surface area contributed by atoms with Crippen LogP contribution < -0.4 is 0 Å². The van der Waals surface area contributed by atoms with Gasteiger partial charge in [-0.05, 0) is 52.4 Å². The summed E-state index contributed by atoms with van der Waals surface area (Å²) in [5, 5.41) is 0. The molecule has 0 aliphatic carbocycles. The first-order valence-corrected chi connectivity index (χ1v) is 12.0. The maximum Gasteiger partial charge on any atom is 0.412 e. The Bertz CT molecular complexity index is 732. The van der Waals surface area contributed by atoms with E-state index >= 15 is 0 Å². The largest absolute Gasteiger partial charge is 0.444 e. The van der Waals surface area contributed by atoms with Gasteiger partial charge in [-0.1, -0.05) is 32.9 Å². The van der Waals surface area contributed by atoms with Crippen LogP contribution in [0.5, 0.6) is 0 Å². The van der Waals surface area contributed by atoms with Crippen LogP contribution in [0.15, 0.2) is 12.2 Å².